The first-order valence-corrected chi connectivity index (χ1v) is 10.1. The number of hydrogen-bond acceptors (Lipinski definition) is 3. The van der Waals surface area contributed by atoms with Gasteiger partial charge in [-0.15, -0.1) is 0 Å². The molecule has 1 atom stereocenters. The van der Waals surface area contributed by atoms with Crippen molar-refractivity contribution in [3.8, 4) is 0 Å². The molecule has 0 aliphatic carbocycles. The molecule has 1 unspecified atom stereocenters. The zero-order chi connectivity index (χ0) is 18.6. The molecule has 1 fully saturated rings. The summed E-state index contributed by atoms with van der Waals surface area (Å²) < 4.78 is 5.38. The second kappa shape index (κ2) is 11.9. The molecule has 26 heavy (non-hydrogen) atoms. The molecule has 146 valence electrons. The highest BCUT2D eigenvalue weighted by molar-refractivity contribution is 5.89. The lowest BCUT2D eigenvalue weighted by atomic mass is 9.99. The third-order valence-electron chi connectivity index (χ3n) is 5.13. The molecule has 0 saturated carbocycles. The van der Waals surface area contributed by atoms with E-state index in [1.807, 2.05) is 12.1 Å². The van der Waals surface area contributed by atoms with Crippen molar-refractivity contribution in [2.45, 2.75) is 46.0 Å². The molecule has 1 aromatic rings. The number of nitrogens with zero attached hydrogens (tertiary/aromatic N) is 1. The fourth-order valence-corrected chi connectivity index (χ4v) is 3.22. The number of urea groups is 1. The van der Waals surface area contributed by atoms with Crippen LogP contribution in [0.1, 0.15) is 45.1 Å². The van der Waals surface area contributed by atoms with Crippen LogP contribution in [0.5, 0.6) is 0 Å². The average Bonchev–Trinajstić information content (AvgIpc) is 2.68. The molecule has 1 saturated heterocycles. The molecule has 0 spiro atoms. The number of morpholine rings is 1. The molecule has 1 aliphatic heterocycles. The van der Waals surface area contributed by atoms with Gasteiger partial charge < -0.3 is 15.4 Å². The summed E-state index contributed by atoms with van der Waals surface area (Å²) in [7, 11) is 0. The molecule has 2 amide bonds. The minimum atomic E-state index is -0.110. The molecule has 0 aromatic heterocycles. The second-order valence-electron chi connectivity index (χ2n) is 7.15. The van der Waals surface area contributed by atoms with Crippen molar-refractivity contribution in [2.75, 3.05) is 44.7 Å². The summed E-state index contributed by atoms with van der Waals surface area (Å²) in [6.07, 6.45) is 5.76. The largest absolute Gasteiger partial charge is 0.379 e. The molecule has 2 N–H and O–H groups in total. The maximum Gasteiger partial charge on any atom is 0.319 e. The Balaban J connectivity index is 1.69. The van der Waals surface area contributed by atoms with Crippen LogP contribution in [0.25, 0.3) is 0 Å². The summed E-state index contributed by atoms with van der Waals surface area (Å²) in [6, 6.07) is 8.07. The van der Waals surface area contributed by atoms with Gasteiger partial charge in [0.2, 0.25) is 0 Å². The molecule has 1 aromatic carbocycles. The third kappa shape index (κ3) is 7.75. The summed E-state index contributed by atoms with van der Waals surface area (Å²) in [5.74, 6) is 0.572. The van der Waals surface area contributed by atoms with Gasteiger partial charge in [0.15, 0.2) is 0 Å². The quantitative estimate of drug-likeness (QED) is 0.664. The predicted molar refractivity (Wildman–Crippen MR) is 108 cm³/mol. The summed E-state index contributed by atoms with van der Waals surface area (Å²) >= 11 is 0. The highest BCUT2D eigenvalue weighted by Gasteiger charge is 2.10. The first-order chi connectivity index (χ1) is 12.7. The summed E-state index contributed by atoms with van der Waals surface area (Å²) in [6.45, 7) is 9.94. The van der Waals surface area contributed by atoms with Crippen LogP contribution in [-0.2, 0) is 11.2 Å². The van der Waals surface area contributed by atoms with Crippen molar-refractivity contribution in [1.82, 2.24) is 10.2 Å². The lowest BCUT2D eigenvalue weighted by molar-refractivity contribution is 0.0384. The van der Waals surface area contributed by atoms with Crippen LogP contribution in [-0.4, -0.2) is 50.3 Å². The second-order valence-corrected chi connectivity index (χ2v) is 7.15. The molecule has 2 rings (SSSR count). The highest BCUT2D eigenvalue weighted by atomic mass is 16.5. The first kappa shape index (κ1) is 20.7. The highest BCUT2D eigenvalue weighted by Crippen LogP contribution is 2.13. The molecule has 0 radical (unpaired) electrons. The van der Waals surface area contributed by atoms with Gasteiger partial charge in [0.25, 0.3) is 0 Å². The standard InChI is InChI=1S/C21H35N3O2/c1-3-5-6-18(4-2)17-22-21(25)23-20-9-7-19(8-10-20)11-12-24-13-15-26-16-14-24/h7-10,18H,3-6,11-17H2,1-2H3,(H2,22,23,25). The number of anilines is 1. The van der Waals surface area contributed by atoms with Crippen LogP contribution in [0.2, 0.25) is 0 Å². The maximum absolute atomic E-state index is 12.1. The Bertz CT molecular complexity index is 512. The number of ether oxygens (including phenoxy) is 1. The number of carbonyl (C=O) groups excluding carboxylic acids is 1. The molecular weight excluding hydrogens is 326 g/mol. The van der Waals surface area contributed by atoms with Gasteiger partial charge in [-0.1, -0.05) is 45.2 Å². The molecule has 1 aliphatic rings. The van der Waals surface area contributed by atoms with Crippen molar-refractivity contribution in [2.24, 2.45) is 5.92 Å². The number of carbonyl (C=O) groups is 1. The van der Waals surface area contributed by atoms with Gasteiger partial charge in [-0.2, -0.15) is 0 Å². The monoisotopic (exact) mass is 361 g/mol. The van der Waals surface area contributed by atoms with Crippen LogP contribution >= 0.6 is 0 Å². The summed E-state index contributed by atoms with van der Waals surface area (Å²) in [5, 5.41) is 5.94. The number of unbranched alkanes of at least 4 members (excludes halogenated alkanes) is 1. The Labute approximate surface area is 158 Å². The van der Waals surface area contributed by atoms with Crippen LogP contribution in [0, 0.1) is 5.92 Å². The van der Waals surface area contributed by atoms with Gasteiger partial charge in [-0.25, -0.2) is 4.79 Å². The Morgan fingerprint density at radius 2 is 1.92 bits per heavy atom. The van der Waals surface area contributed by atoms with E-state index in [9.17, 15) is 4.79 Å². The van der Waals surface area contributed by atoms with Gasteiger partial charge in [-0.3, -0.25) is 4.90 Å². The number of nitrogens with one attached hydrogen (secondary N) is 2. The number of hydrogen-bond donors (Lipinski definition) is 2. The molecule has 1 heterocycles. The lowest BCUT2D eigenvalue weighted by Crippen LogP contribution is -2.37. The van der Waals surface area contributed by atoms with E-state index >= 15 is 0 Å². The smallest absolute Gasteiger partial charge is 0.319 e. The van der Waals surface area contributed by atoms with Gasteiger partial charge in [-0.05, 0) is 36.5 Å². The third-order valence-corrected chi connectivity index (χ3v) is 5.13. The van der Waals surface area contributed by atoms with Crippen LogP contribution in [0.4, 0.5) is 10.5 Å². The Morgan fingerprint density at radius 1 is 1.19 bits per heavy atom. The minimum Gasteiger partial charge on any atom is -0.379 e. The van der Waals surface area contributed by atoms with E-state index in [1.54, 1.807) is 0 Å². The normalized spacial score (nSPS) is 16.2. The fourth-order valence-electron chi connectivity index (χ4n) is 3.22. The fraction of sp³-hybridized carbons (Fsp3) is 0.667. The van der Waals surface area contributed by atoms with E-state index in [0.717, 1.165) is 57.9 Å². The van der Waals surface area contributed by atoms with E-state index in [2.05, 4.69) is 41.5 Å². The van der Waals surface area contributed by atoms with E-state index in [4.69, 9.17) is 4.74 Å². The zero-order valence-corrected chi connectivity index (χ0v) is 16.4. The minimum absolute atomic E-state index is 0.110. The number of rotatable bonds is 10. The summed E-state index contributed by atoms with van der Waals surface area (Å²) in [4.78, 5) is 14.5. The number of benzene rings is 1. The zero-order valence-electron chi connectivity index (χ0n) is 16.4. The van der Waals surface area contributed by atoms with Crippen LogP contribution in [0.15, 0.2) is 24.3 Å². The Kier molecular flexibility index (Phi) is 9.50. The Morgan fingerprint density at radius 3 is 2.58 bits per heavy atom. The van der Waals surface area contributed by atoms with E-state index in [-0.39, 0.29) is 6.03 Å². The Hall–Kier alpha value is -1.59. The van der Waals surface area contributed by atoms with Crippen molar-refractivity contribution in [3.63, 3.8) is 0 Å². The first-order valence-electron chi connectivity index (χ1n) is 10.1. The van der Waals surface area contributed by atoms with E-state index in [1.165, 1.54) is 24.8 Å². The van der Waals surface area contributed by atoms with Crippen molar-refractivity contribution in [3.05, 3.63) is 29.8 Å². The van der Waals surface area contributed by atoms with Crippen molar-refractivity contribution in [1.29, 1.82) is 0 Å². The molecule has 5 nitrogen and oxygen atoms in total. The summed E-state index contributed by atoms with van der Waals surface area (Å²) in [5.41, 5.74) is 2.15. The number of amides is 2. The maximum atomic E-state index is 12.1. The van der Waals surface area contributed by atoms with Gasteiger partial charge in [0, 0.05) is 31.9 Å². The topological polar surface area (TPSA) is 53.6 Å². The molecular formula is C21H35N3O2. The van der Waals surface area contributed by atoms with E-state index < -0.39 is 0 Å². The predicted octanol–water partition coefficient (Wildman–Crippen LogP) is 3.90. The van der Waals surface area contributed by atoms with Gasteiger partial charge in [0.05, 0.1) is 13.2 Å². The SMILES string of the molecule is CCCCC(CC)CNC(=O)Nc1ccc(CCN2CCOCC2)cc1. The van der Waals surface area contributed by atoms with Gasteiger partial charge >= 0.3 is 6.03 Å². The van der Waals surface area contributed by atoms with Crippen molar-refractivity contribution >= 4 is 11.7 Å². The molecule has 0 bridgehead atoms. The van der Waals surface area contributed by atoms with Crippen LogP contribution < -0.4 is 10.6 Å². The van der Waals surface area contributed by atoms with Gasteiger partial charge in [0.1, 0.15) is 0 Å². The average molecular weight is 362 g/mol. The molecule has 5 heteroatoms. The van der Waals surface area contributed by atoms with E-state index in [0.29, 0.717) is 5.92 Å². The van der Waals surface area contributed by atoms with Crippen LogP contribution in [0.3, 0.4) is 0 Å². The lowest BCUT2D eigenvalue weighted by Gasteiger charge is -2.26. The van der Waals surface area contributed by atoms with Crippen molar-refractivity contribution < 1.29 is 9.53 Å².